The van der Waals surface area contributed by atoms with Crippen LogP contribution in [0.5, 0.6) is 0 Å². The summed E-state index contributed by atoms with van der Waals surface area (Å²) in [5.74, 6) is 0. The highest BCUT2D eigenvalue weighted by Gasteiger charge is 2.10. The number of piperazine rings is 1. The molecule has 2 aromatic rings. The van der Waals surface area contributed by atoms with Crippen molar-refractivity contribution in [2.75, 3.05) is 31.1 Å². The third-order valence-electron chi connectivity index (χ3n) is 3.79. The smallest absolute Gasteiger partial charge is 0.0427 e. The van der Waals surface area contributed by atoms with E-state index < -0.39 is 0 Å². The van der Waals surface area contributed by atoms with Gasteiger partial charge in [-0.15, -0.1) is 0 Å². The van der Waals surface area contributed by atoms with Gasteiger partial charge in [0, 0.05) is 43.8 Å². The van der Waals surface area contributed by atoms with E-state index in [2.05, 4.69) is 57.7 Å². The topological polar surface area (TPSA) is 28.2 Å². The van der Waals surface area contributed by atoms with Gasteiger partial charge in [-0.3, -0.25) is 4.98 Å². The molecular formula is C17H21N3. The molecule has 0 bridgehead atoms. The summed E-state index contributed by atoms with van der Waals surface area (Å²) < 4.78 is 0. The fourth-order valence-corrected chi connectivity index (χ4v) is 2.64. The molecule has 1 aromatic heterocycles. The summed E-state index contributed by atoms with van der Waals surface area (Å²) in [4.78, 5) is 6.94. The van der Waals surface area contributed by atoms with Crippen LogP contribution in [0, 0.1) is 0 Å². The monoisotopic (exact) mass is 267 g/mol. The highest BCUT2D eigenvalue weighted by molar-refractivity contribution is 5.47. The maximum Gasteiger partial charge on any atom is 0.0427 e. The highest BCUT2D eigenvalue weighted by Crippen LogP contribution is 2.16. The first-order valence-corrected chi connectivity index (χ1v) is 7.36. The third kappa shape index (κ3) is 3.36. The molecule has 104 valence electrons. The van der Waals surface area contributed by atoms with E-state index in [1.165, 1.54) is 16.9 Å². The zero-order valence-corrected chi connectivity index (χ0v) is 11.8. The zero-order chi connectivity index (χ0) is 13.6. The second kappa shape index (κ2) is 6.53. The van der Waals surface area contributed by atoms with E-state index in [0.29, 0.717) is 0 Å². The number of rotatable bonds is 4. The SMILES string of the molecule is c1ccc(CCc2cc(N3CCNCC3)ccn2)cc1. The average molecular weight is 267 g/mol. The number of nitrogens with zero attached hydrogens (tertiary/aromatic N) is 2. The van der Waals surface area contributed by atoms with Gasteiger partial charge in [-0.1, -0.05) is 30.3 Å². The molecule has 0 saturated carbocycles. The van der Waals surface area contributed by atoms with Crippen molar-refractivity contribution in [3.05, 3.63) is 59.9 Å². The van der Waals surface area contributed by atoms with Gasteiger partial charge in [0.15, 0.2) is 0 Å². The van der Waals surface area contributed by atoms with Crippen LogP contribution < -0.4 is 10.2 Å². The molecule has 0 spiro atoms. The van der Waals surface area contributed by atoms with E-state index in [9.17, 15) is 0 Å². The lowest BCUT2D eigenvalue weighted by molar-refractivity contribution is 0.589. The number of aryl methyl sites for hydroxylation is 2. The minimum Gasteiger partial charge on any atom is -0.369 e. The van der Waals surface area contributed by atoms with Gasteiger partial charge in [0.1, 0.15) is 0 Å². The minimum absolute atomic E-state index is 1.00. The van der Waals surface area contributed by atoms with Crippen LogP contribution in [-0.4, -0.2) is 31.2 Å². The first kappa shape index (κ1) is 13.1. The Morgan fingerprint density at radius 2 is 1.80 bits per heavy atom. The van der Waals surface area contributed by atoms with Crippen molar-refractivity contribution in [1.29, 1.82) is 0 Å². The molecule has 1 N–H and O–H groups in total. The highest BCUT2D eigenvalue weighted by atomic mass is 15.2. The number of pyridine rings is 1. The molecule has 0 atom stereocenters. The Hall–Kier alpha value is -1.87. The number of aromatic nitrogens is 1. The van der Waals surface area contributed by atoms with Crippen molar-refractivity contribution in [2.24, 2.45) is 0 Å². The van der Waals surface area contributed by atoms with Crippen LogP contribution >= 0.6 is 0 Å². The summed E-state index contributed by atoms with van der Waals surface area (Å²) in [6.45, 7) is 4.31. The van der Waals surface area contributed by atoms with Crippen molar-refractivity contribution in [1.82, 2.24) is 10.3 Å². The van der Waals surface area contributed by atoms with Gasteiger partial charge >= 0.3 is 0 Å². The van der Waals surface area contributed by atoms with E-state index in [4.69, 9.17) is 0 Å². The molecule has 1 saturated heterocycles. The van der Waals surface area contributed by atoms with Crippen LogP contribution in [0.15, 0.2) is 48.7 Å². The van der Waals surface area contributed by atoms with Crippen molar-refractivity contribution in [2.45, 2.75) is 12.8 Å². The predicted octanol–water partition coefficient (Wildman–Crippen LogP) is 2.28. The molecule has 2 heterocycles. The zero-order valence-electron chi connectivity index (χ0n) is 11.8. The quantitative estimate of drug-likeness (QED) is 0.921. The molecule has 0 unspecified atom stereocenters. The molecule has 0 radical (unpaired) electrons. The lowest BCUT2D eigenvalue weighted by Gasteiger charge is -2.29. The van der Waals surface area contributed by atoms with Crippen molar-refractivity contribution >= 4 is 5.69 Å². The summed E-state index contributed by atoms with van der Waals surface area (Å²) >= 11 is 0. The van der Waals surface area contributed by atoms with Crippen LogP contribution in [0.1, 0.15) is 11.3 Å². The Morgan fingerprint density at radius 3 is 2.60 bits per heavy atom. The molecule has 3 rings (SSSR count). The maximum absolute atomic E-state index is 4.51. The number of hydrogen-bond donors (Lipinski definition) is 1. The molecule has 1 fully saturated rings. The Balaban J connectivity index is 1.65. The lowest BCUT2D eigenvalue weighted by atomic mass is 10.1. The van der Waals surface area contributed by atoms with E-state index in [0.717, 1.165) is 39.0 Å². The lowest BCUT2D eigenvalue weighted by Crippen LogP contribution is -2.43. The molecular weight excluding hydrogens is 246 g/mol. The summed E-state index contributed by atoms with van der Waals surface area (Å²) in [6, 6.07) is 15.0. The number of benzene rings is 1. The second-order valence-corrected chi connectivity index (χ2v) is 5.23. The first-order valence-electron chi connectivity index (χ1n) is 7.36. The minimum atomic E-state index is 1.00. The Bertz CT molecular complexity index is 533. The van der Waals surface area contributed by atoms with Gasteiger partial charge < -0.3 is 10.2 Å². The Morgan fingerprint density at radius 1 is 1.00 bits per heavy atom. The van der Waals surface area contributed by atoms with E-state index in [1.807, 2.05) is 6.20 Å². The normalized spacial score (nSPS) is 15.3. The van der Waals surface area contributed by atoms with Crippen LogP contribution in [0.25, 0.3) is 0 Å². The maximum atomic E-state index is 4.51. The summed E-state index contributed by atoms with van der Waals surface area (Å²) in [5.41, 5.74) is 3.87. The van der Waals surface area contributed by atoms with E-state index in [-0.39, 0.29) is 0 Å². The van der Waals surface area contributed by atoms with Gasteiger partial charge in [-0.25, -0.2) is 0 Å². The molecule has 0 aliphatic carbocycles. The molecule has 1 aliphatic rings. The number of hydrogen-bond acceptors (Lipinski definition) is 3. The standard InChI is InChI=1S/C17H21N3/c1-2-4-15(5-3-1)6-7-16-14-17(8-9-19-16)20-12-10-18-11-13-20/h1-5,8-9,14,18H,6-7,10-13H2. The van der Waals surface area contributed by atoms with Crippen molar-refractivity contribution in [3.8, 4) is 0 Å². The summed E-state index contributed by atoms with van der Waals surface area (Å²) in [5, 5.41) is 3.39. The summed E-state index contributed by atoms with van der Waals surface area (Å²) in [7, 11) is 0. The van der Waals surface area contributed by atoms with Crippen molar-refractivity contribution < 1.29 is 0 Å². The molecule has 0 amide bonds. The van der Waals surface area contributed by atoms with Gasteiger partial charge in [0.25, 0.3) is 0 Å². The average Bonchev–Trinajstić information content (AvgIpc) is 2.55. The second-order valence-electron chi connectivity index (χ2n) is 5.23. The molecule has 1 aliphatic heterocycles. The largest absolute Gasteiger partial charge is 0.369 e. The van der Waals surface area contributed by atoms with Crippen LogP contribution in [0.4, 0.5) is 5.69 Å². The van der Waals surface area contributed by atoms with Gasteiger partial charge in [-0.05, 0) is 30.5 Å². The molecule has 20 heavy (non-hydrogen) atoms. The van der Waals surface area contributed by atoms with Gasteiger partial charge in [0.2, 0.25) is 0 Å². The van der Waals surface area contributed by atoms with E-state index in [1.54, 1.807) is 0 Å². The van der Waals surface area contributed by atoms with Crippen LogP contribution in [0.2, 0.25) is 0 Å². The summed E-state index contributed by atoms with van der Waals surface area (Å²) in [6.07, 6.45) is 4.00. The van der Waals surface area contributed by atoms with E-state index >= 15 is 0 Å². The van der Waals surface area contributed by atoms with Gasteiger partial charge in [0.05, 0.1) is 0 Å². The van der Waals surface area contributed by atoms with Gasteiger partial charge in [-0.2, -0.15) is 0 Å². The fourth-order valence-electron chi connectivity index (χ4n) is 2.64. The van der Waals surface area contributed by atoms with Crippen molar-refractivity contribution in [3.63, 3.8) is 0 Å². The Labute approximate surface area is 120 Å². The molecule has 3 nitrogen and oxygen atoms in total. The predicted molar refractivity (Wildman–Crippen MR) is 83.2 cm³/mol. The third-order valence-corrected chi connectivity index (χ3v) is 3.79. The Kier molecular flexibility index (Phi) is 4.28. The van der Waals surface area contributed by atoms with Crippen LogP contribution in [0.3, 0.4) is 0 Å². The molecule has 1 aromatic carbocycles. The number of nitrogens with one attached hydrogen (secondary N) is 1. The fraction of sp³-hybridized carbons (Fsp3) is 0.353. The number of anilines is 1. The molecule has 3 heteroatoms. The first-order chi connectivity index (χ1) is 9.92. The van der Waals surface area contributed by atoms with Crippen LogP contribution in [-0.2, 0) is 12.8 Å².